The molecule has 3 N–H and O–H groups in total. The molecule has 0 aliphatic rings. The van der Waals surface area contributed by atoms with Crippen molar-refractivity contribution in [2.45, 2.75) is 25.7 Å². The second-order valence-electron chi connectivity index (χ2n) is 8.16. The summed E-state index contributed by atoms with van der Waals surface area (Å²) < 4.78 is 29.5. The lowest BCUT2D eigenvalue weighted by atomic mass is 10.3. The van der Waals surface area contributed by atoms with Crippen LogP contribution in [0.1, 0.15) is 19.5 Å². The predicted molar refractivity (Wildman–Crippen MR) is 144 cm³/mol. The molecule has 10 nitrogen and oxygen atoms in total. The summed E-state index contributed by atoms with van der Waals surface area (Å²) in [7, 11) is -3.82. The number of carbonyl (C=O) groups excluding carboxylic acids is 1. The van der Waals surface area contributed by atoms with E-state index < -0.39 is 10.0 Å². The summed E-state index contributed by atoms with van der Waals surface area (Å²) in [6, 6.07) is 22.2. The number of nitrogens with zero attached hydrogens (tertiary/aromatic N) is 5. The molecule has 0 saturated carbocycles. The summed E-state index contributed by atoms with van der Waals surface area (Å²) in [6.45, 7) is 5.19. The number of benzene rings is 3. The van der Waals surface area contributed by atoms with E-state index in [-0.39, 0.29) is 17.3 Å². The van der Waals surface area contributed by atoms with Crippen molar-refractivity contribution in [3.05, 3.63) is 84.6 Å². The third kappa shape index (κ3) is 5.51. The number of sulfonamides is 1. The van der Waals surface area contributed by atoms with Crippen LogP contribution in [0.5, 0.6) is 0 Å². The Kier molecular flexibility index (Phi) is 7.35. The van der Waals surface area contributed by atoms with Crippen molar-refractivity contribution < 1.29 is 13.2 Å². The van der Waals surface area contributed by atoms with Gasteiger partial charge in [-0.15, -0.1) is 5.11 Å². The highest BCUT2D eigenvalue weighted by atomic mass is 32.2. The molecule has 0 aliphatic carbocycles. The monoisotopic (exact) mass is 517 g/mol. The number of aromatic nitrogens is 2. The van der Waals surface area contributed by atoms with Gasteiger partial charge in [-0.05, 0) is 74.5 Å². The fourth-order valence-corrected chi connectivity index (χ4v) is 5.23. The summed E-state index contributed by atoms with van der Waals surface area (Å²) in [4.78, 5) is 11.4. The Labute approximate surface area is 215 Å². The number of amides is 1. The van der Waals surface area contributed by atoms with E-state index in [1.807, 2.05) is 30.3 Å². The normalized spacial score (nSPS) is 11.5. The van der Waals surface area contributed by atoms with E-state index in [4.69, 9.17) is 5.73 Å². The van der Waals surface area contributed by atoms with Gasteiger partial charge in [-0.2, -0.15) is 10.2 Å². The minimum atomic E-state index is -3.82. The van der Waals surface area contributed by atoms with Gasteiger partial charge in [0.25, 0.3) is 10.0 Å². The minimum Gasteiger partial charge on any atom is -0.382 e. The number of nitrogens with two attached hydrogens (primary N) is 1. The summed E-state index contributed by atoms with van der Waals surface area (Å²) >= 11 is 0. The molecule has 0 unspecified atom stereocenters. The highest BCUT2D eigenvalue weighted by Crippen LogP contribution is 2.31. The summed E-state index contributed by atoms with van der Waals surface area (Å²) in [5.41, 5.74) is 9.67. The van der Waals surface area contributed by atoms with Crippen LogP contribution in [0.4, 0.5) is 28.6 Å². The van der Waals surface area contributed by atoms with Gasteiger partial charge in [-0.1, -0.05) is 18.2 Å². The number of azo groups is 1. The maximum atomic E-state index is 13.3. The number of anilines is 3. The quantitative estimate of drug-likeness (QED) is 0.304. The lowest BCUT2D eigenvalue weighted by molar-refractivity contribution is -0.114. The molecule has 1 aromatic heterocycles. The van der Waals surface area contributed by atoms with Crippen LogP contribution in [0.25, 0.3) is 5.69 Å². The molecular formula is C26H27N7O3S. The van der Waals surface area contributed by atoms with Crippen LogP contribution in [0.2, 0.25) is 0 Å². The van der Waals surface area contributed by atoms with E-state index in [0.717, 1.165) is 5.69 Å². The number of carbonyl (C=O) groups is 1. The Morgan fingerprint density at radius 1 is 1.00 bits per heavy atom. The Hall–Kier alpha value is -4.51. The lowest BCUT2D eigenvalue weighted by Crippen LogP contribution is -2.30. The van der Waals surface area contributed by atoms with Crippen LogP contribution in [-0.2, 0) is 14.8 Å². The molecule has 4 aromatic rings. The van der Waals surface area contributed by atoms with Crippen molar-refractivity contribution in [3.8, 4) is 5.69 Å². The number of nitrogen functional groups attached to an aromatic ring is 1. The van der Waals surface area contributed by atoms with Gasteiger partial charge in [0.05, 0.1) is 27.7 Å². The van der Waals surface area contributed by atoms with Gasteiger partial charge in [0.1, 0.15) is 0 Å². The molecule has 0 atom stereocenters. The van der Waals surface area contributed by atoms with Crippen LogP contribution in [0.3, 0.4) is 0 Å². The first-order valence-electron chi connectivity index (χ1n) is 11.5. The first kappa shape index (κ1) is 25.6. The van der Waals surface area contributed by atoms with Crippen LogP contribution in [0, 0.1) is 6.92 Å². The number of hydrogen-bond acceptors (Lipinski definition) is 7. The molecule has 3 aromatic carbocycles. The van der Waals surface area contributed by atoms with E-state index >= 15 is 0 Å². The summed E-state index contributed by atoms with van der Waals surface area (Å²) in [6.07, 6.45) is 0. The average Bonchev–Trinajstić information content (AvgIpc) is 3.17. The molecular weight excluding hydrogens is 490 g/mol. The number of aryl methyl sites for hydroxylation is 1. The zero-order valence-electron chi connectivity index (χ0n) is 20.7. The minimum absolute atomic E-state index is 0.117. The Morgan fingerprint density at radius 3 is 2.24 bits per heavy atom. The van der Waals surface area contributed by atoms with Gasteiger partial charge in [-0.3, -0.25) is 9.10 Å². The van der Waals surface area contributed by atoms with Crippen LogP contribution in [0.15, 0.2) is 94.0 Å². The van der Waals surface area contributed by atoms with Gasteiger partial charge < -0.3 is 11.1 Å². The van der Waals surface area contributed by atoms with E-state index in [2.05, 4.69) is 20.6 Å². The fraction of sp³-hybridized carbons (Fsp3) is 0.154. The molecule has 1 amide bonds. The van der Waals surface area contributed by atoms with Crippen molar-refractivity contribution in [1.29, 1.82) is 0 Å². The molecule has 0 saturated heterocycles. The molecule has 190 valence electrons. The Bertz CT molecular complexity index is 1530. The topological polar surface area (TPSA) is 135 Å². The molecule has 0 radical (unpaired) electrons. The van der Waals surface area contributed by atoms with Crippen molar-refractivity contribution in [1.82, 2.24) is 9.78 Å². The second kappa shape index (κ2) is 10.6. The Morgan fingerprint density at radius 2 is 1.65 bits per heavy atom. The average molecular weight is 518 g/mol. The van der Waals surface area contributed by atoms with Crippen LogP contribution in [-0.4, -0.2) is 30.7 Å². The van der Waals surface area contributed by atoms with Crippen LogP contribution < -0.4 is 15.4 Å². The molecule has 0 bridgehead atoms. The number of rotatable bonds is 8. The molecule has 4 rings (SSSR count). The maximum absolute atomic E-state index is 13.3. The van der Waals surface area contributed by atoms with Crippen molar-refractivity contribution in [2.75, 3.05) is 21.9 Å². The van der Waals surface area contributed by atoms with E-state index in [0.29, 0.717) is 34.3 Å². The maximum Gasteiger partial charge on any atom is 0.264 e. The first-order chi connectivity index (χ1) is 17.7. The largest absolute Gasteiger partial charge is 0.382 e. The van der Waals surface area contributed by atoms with Gasteiger partial charge in [-0.25, -0.2) is 13.1 Å². The molecule has 0 aliphatic heterocycles. The van der Waals surface area contributed by atoms with Gasteiger partial charge in [0.2, 0.25) is 5.91 Å². The standard InChI is InChI=1S/C26H27N7O3S/c1-4-32(22-14-10-20(11-15-22)28-19(3)34)37(35,36)24-16-12-21(13-17-24)29-30-25-18(2)31-33(26(25)27)23-8-6-5-7-9-23/h5-17H,4,27H2,1-3H3,(H,28,34). The SMILES string of the molecule is CCN(c1ccc(NC(C)=O)cc1)S(=O)(=O)c1ccc(N=Nc2c(C)nn(-c3ccccc3)c2N)cc1. The van der Waals surface area contributed by atoms with Gasteiger partial charge >= 0.3 is 0 Å². The van der Waals surface area contributed by atoms with Crippen molar-refractivity contribution in [3.63, 3.8) is 0 Å². The number of para-hydroxylation sites is 1. The molecule has 0 spiro atoms. The van der Waals surface area contributed by atoms with Gasteiger partial charge in [0.15, 0.2) is 11.5 Å². The first-order valence-corrected chi connectivity index (χ1v) is 13.0. The smallest absolute Gasteiger partial charge is 0.264 e. The predicted octanol–water partition coefficient (Wildman–Crippen LogP) is 5.35. The molecule has 37 heavy (non-hydrogen) atoms. The third-order valence-electron chi connectivity index (χ3n) is 5.52. The van der Waals surface area contributed by atoms with Crippen molar-refractivity contribution >= 4 is 44.5 Å². The second-order valence-corrected chi connectivity index (χ2v) is 10.0. The Balaban J connectivity index is 1.54. The van der Waals surface area contributed by atoms with Crippen LogP contribution >= 0.6 is 0 Å². The van der Waals surface area contributed by atoms with E-state index in [9.17, 15) is 13.2 Å². The lowest BCUT2D eigenvalue weighted by Gasteiger charge is -2.23. The van der Waals surface area contributed by atoms with E-state index in [1.165, 1.54) is 23.4 Å². The van der Waals surface area contributed by atoms with Crippen molar-refractivity contribution in [2.24, 2.45) is 10.2 Å². The zero-order valence-corrected chi connectivity index (χ0v) is 21.5. The van der Waals surface area contributed by atoms with E-state index in [1.54, 1.807) is 54.9 Å². The number of hydrogen-bond donors (Lipinski definition) is 2. The molecule has 0 fully saturated rings. The van der Waals surface area contributed by atoms with Gasteiger partial charge in [0, 0.05) is 19.2 Å². The molecule has 11 heteroatoms. The fourth-order valence-electron chi connectivity index (χ4n) is 3.75. The summed E-state index contributed by atoms with van der Waals surface area (Å²) in [5.74, 6) is 0.155. The highest BCUT2D eigenvalue weighted by molar-refractivity contribution is 7.92. The summed E-state index contributed by atoms with van der Waals surface area (Å²) in [5, 5.41) is 15.6. The third-order valence-corrected chi connectivity index (χ3v) is 7.43. The molecule has 1 heterocycles. The zero-order chi connectivity index (χ0) is 26.6. The number of nitrogens with one attached hydrogen (secondary N) is 1. The highest BCUT2D eigenvalue weighted by Gasteiger charge is 2.23.